The van der Waals surface area contributed by atoms with Crippen molar-refractivity contribution in [3.63, 3.8) is 0 Å². The number of H-pyrrole nitrogens is 1. The summed E-state index contributed by atoms with van der Waals surface area (Å²) in [6, 6.07) is 6.18. The number of ether oxygens (including phenoxy) is 1. The topological polar surface area (TPSA) is 110 Å². The van der Waals surface area contributed by atoms with Crippen molar-refractivity contribution in [1.29, 1.82) is 0 Å². The van der Waals surface area contributed by atoms with E-state index in [1.165, 1.54) is 12.1 Å². The van der Waals surface area contributed by atoms with Gasteiger partial charge in [0.1, 0.15) is 12.4 Å². The zero-order valence-electron chi connectivity index (χ0n) is 10.7. The Morgan fingerprint density at radius 3 is 2.65 bits per heavy atom. The van der Waals surface area contributed by atoms with Gasteiger partial charge in [0.05, 0.1) is 11.1 Å². The quantitative estimate of drug-likeness (QED) is 0.677. The minimum atomic E-state index is -3.55. The normalized spacial score (nSPS) is 11.4. The number of aromatic amines is 1. The molecule has 0 aliphatic carbocycles. The van der Waals surface area contributed by atoms with E-state index in [0.717, 1.165) is 5.56 Å². The number of rotatable bonds is 7. The molecule has 0 bridgehead atoms. The highest BCUT2D eigenvalue weighted by Gasteiger charge is 2.13. The summed E-state index contributed by atoms with van der Waals surface area (Å²) < 4.78 is 31.9. The van der Waals surface area contributed by atoms with Crippen molar-refractivity contribution in [3.05, 3.63) is 42.2 Å². The van der Waals surface area contributed by atoms with Crippen molar-refractivity contribution in [3.8, 4) is 5.75 Å². The van der Waals surface area contributed by atoms with E-state index in [4.69, 9.17) is 10.5 Å². The summed E-state index contributed by atoms with van der Waals surface area (Å²) in [6.45, 7) is 0.988. The molecule has 1 aromatic carbocycles. The number of aromatic nitrogens is 2. The van der Waals surface area contributed by atoms with E-state index >= 15 is 0 Å². The van der Waals surface area contributed by atoms with Crippen LogP contribution < -0.4 is 15.2 Å². The average molecular weight is 296 g/mol. The summed E-state index contributed by atoms with van der Waals surface area (Å²) in [5, 5.41) is 6.37. The first-order chi connectivity index (χ1) is 9.62. The summed E-state index contributed by atoms with van der Waals surface area (Å²) in [5.74, 6) is 0.587. The van der Waals surface area contributed by atoms with Gasteiger partial charge in [0, 0.05) is 24.8 Å². The third-order valence-corrected chi connectivity index (χ3v) is 3.96. The number of sulfonamides is 1. The van der Waals surface area contributed by atoms with Gasteiger partial charge >= 0.3 is 0 Å². The highest BCUT2D eigenvalue weighted by Crippen LogP contribution is 2.16. The number of benzene rings is 1. The van der Waals surface area contributed by atoms with Gasteiger partial charge in [-0.25, -0.2) is 13.1 Å². The predicted molar refractivity (Wildman–Crippen MR) is 73.6 cm³/mol. The van der Waals surface area contributed by atoms with Gasteiger partial charge in [-0.2, -0.15) is 5.10 Å². The van der Waals surface area contributed by atoms with Gasteiger partial charge in [0.15, 0.2) is 0 Å². The third-order valence-electron chi connectivity index (χ3n) is 2.54. The fourth-order valence-electron chi connectivity index (χ4n) is 1.53. The zero-order valence-corrected chi connectivity index (χ0v) is 11.6. The van der Waals surface area contributed by atoms with E-state index < -0.39 is 10.0 Å². The molecule has 0 aliphatic heterocycles. The van der Waals surface area contributed by atoms with Gasteiger partial charge in [-0.05, 0) is 24.3 Å². The van der Waals surface area contributed by atoms with Crippen molar-refractivity contribution < 1.29 is 13.2 Å². The lowest BCUT2D eigenvalue weighted by atomic mass is 10.3. The Balaban J connectivity index is 2.01. The van der Waals surface area contributed by atoms with E-state index in [0.29, 0.717) is 18.9 Å². The first-order valence-electron chi connectivity index (χ1n) is 6.02. The molecule has 7 nitrogen and oxygen atoms in total. The number of hydrogen-bond donors (Lipinski definition) is 3. The maximum absolute atomic E-state index is 12.1. The second kappa shape index (κ2) is 6.51. The van der Waals surface area contributed by atoms with E-state index in [1.807, 2.05) is 0 Å². The van der Waals surface area contributed by atoms with Gasteiger partial charge in [-0.1, -0.05) is 0 Å². The molecule has 1 aromatic heterocycles. The van der Waals surface area contributed by atoms with Crippen LogP contribution in [0.2, 0.25) is 0 Å². The molecule has 0 unspecified atom stereocenters. The van der Waals surface area contributed by atoms with E-state index in [1.54, 1.807) is 24.5 Å². The van der Waals surface area contributed by atoms with Crippen molar-refractivity contribution >= 4 is 10.0 Å². The summed E-state index contributed by atoms with van der Waals surface area (Å²) in [6.07, 6.45) is 3.19. The average Bonchev–Trinajstić information content (AvgIpc) is 2.97. The smallest absolute Gasteiger partial charge is 0.240 e. The Morgan fingerprint density at radius 1 is 1.30 bits per heavy atom. The summed E-state index contributed by atoms with van der Waals surface area (Å²) >= 11 is 0. The molecule has 1 heterocycles. The van der Waals surface area contributed by atoms with Crippen molar-refractivity contribution in [2.75, 3.05) is 13.2 Å². The Labute approximate surface area is 117 Å². The molecule has 0 radical (unpaired) electrons. The molecule has 0 saturated carbocycles. The van der Waals surface area contributed by atoms with Gasteiger partial charge in [0.2, 0.25) is 10.0 Å². The molecule has 108 valence electrons. The highest BCUT2D eigenvalue weighted by molar-refractivity contribution is 7.89. The van der Waals surface area contributed by atoms with Crippen LogP contribution in [0.5, 0.6) is 5.75 Å². The first-order valence-corrected chi connectivity index (χ1v) is 7.50. The molecule has 0 saturated heterocycles. The summed E-state index contributed by atoms with van der Waals surface area (Å²) in [4.78, 5) is 0.182. The second-order valence-corrected chi connectivity index (χ2v) is 5.81. The lowest BCUT2D eigenvalue weighted by Crippen LogP contribution is -2.23. The molecule has 2 rings (SSSR count). The maximum atomic E-state index is 12.1. The van der Waals surface area contributed by atoms with Crippen LogP contribution in [0, 0.1) is 0 Å². The SMILES string of the molecule is NCCOc1ccc(S(=O)(=O)NCc2cn[nH]c2)cc1. The minimum absolute atomic E-state index is 0.182. The molecule has 2 aromatic rings. The van der Waals surface area contributed by atoms with Crippen LogP contribution in [0.4, 0.5) is 0 Å². The van der Waals surface area contributed by atoms with Crippen LogP contribution in [-0.2, 0) is 16.6 Å². The fraction of sp³-hybridized carbons (Fsp3) is 0.250. The van der Waals surface area contributed by atoms with Crippen LogP contribution in [0.1, 0.15) is 5.56 Å². The first kappa shape index (κ1) is 14.5. The van der Waals surface area contributed by atoms with Gasteiger partial charge in [-0.3, -0.25) is 5.10 Å². The lowest BCUT2D eigenvalue weighted by Gasteiger charge is -2.07. The second-order valence-electron chi connectivity index (χ2n) is 4.04. The van der Waals surface area contributed by atoms with Crippen LogP contribution >= 0.6 is 0 Å². The summed E-state index contributed by atoms with van der Waals surface area (Å²) in [7, 11) is -3.55. The Kier molecular flexibility index (Phi) is 4.72. The Morgan fingerprint density at radius 2 is 2.05 bits per heavy atom. The molecule has 0 fully saturated rings. The van der Waals surface area contributed by atoms with Crippen LogP contribution in [0.3, 0.4) is 0 Å². The maximum Gasteiger partial charge on any atom is 0.240 e. The van der Waals surface area contributed by atoms with Crippen LogP contribution in [0.15, 0.2) is 41.6 Å². The molecule has 20 heavy (non-hydrogen) atoms. The Bertz CT molecular complexity index is 623. The van der Waals surface area contributed by atoms with Gasteiger partial charge in [-0.15, -0.1) is 0 Å². The predicted octanol–water partition coefficient (Wildman–Crippen LogP) is 0.226. The molecule has 0 spiro atoms. The van der Waals surface area contributed by atoms with Gasteiger partial charge < -0.3 is 10.5 Å². The third kappa shape index (κ3) is 3.80. The molecule has 0 amide bonds. The number of nitrogens with zero attached hydrogens (tertiary/aromatic N) is 1. The molecular weight excluding hydrogens is 280 g/mol. The number of nitrogens with two attached hydrogens (primary N) is 1. The standard InChI is InChI=1S/C12H16N4O3S/c13-5-6-19-11-1-3-12(4-2-11)20(17,18)16-9-10-7-14-15-8-10/h1-4,7-8,16H,5-6,9,13H2,(H,14,15). The number of hydrogen-bond acceptors (Lipinski definition) is 5. The summed E-state index contributed by atoms with van der Waals surface area (Å²) in [5.41, 5.74) is 6.08. The van der Waals surface area contributed by atoms with Crippen molar-refractivity contribution in [2.45, 2.75) is 11.4 Å². The highest BCUT2D eigenvalue weighted by atomic mass is 32.2. The van der Waals surface area contributed by atoms with Crippen molar-refractivity contribution in [2.24, 2.45) is 5.73 Å². The monoisotopic (exact) mass is 296 g/mol. The van der Waals surface area contributed by atoms with Crippen molar-refractivity contribution in [1.82, 2.24) is 14.9 Å². The van der Waals surface area contributed by atoms with Gasteiger partial charge in [0.25, 0.3) is 0 Å². The molecule has 8 heteroatoms. The molecule has 4 N–H and O–H groups in total. The largest absolute Gasteiger partial charge is 0.492 e. The molecule has 0 aliphatic rings. The zero-order chi connectivity index (χ0) is 14.4. The molecule has 0 atom stereocenters. The van der Waals surface area contributed by atoms with E-state index in [9.17, 15) is 8.42 Å². The lowest BCUT2D eigenvalue weighted by molar-refractivity contribution is 0.328. The van der Waals surface area contributed by atoms with Crippen LogP contribution in [-0.4, -0.2) is 31.8 Å². The number of nitrogens with one attached hydrogen (secondary N) is 2. The van der Waals surface area contributed by atoms with E-state index in [-0.39, 0.29) is 11.4 Å². The fourth-order valence-corrected chi connectivity index (χ4v) is 2.55. The Hall–Kier alpha value is -1.90. The van der Waals surface area contributed by atoms with E-state index in [2.05, 4.69) is 14.9 Å². The minimum Gasteiger partial charge on any atom is -0.492 e. The van der Waals surface area contributed by atoms with Crippen LogP contribution in [0.25, 0.3) is 0 Å². The molecular formula is C12H16N4O3S.